The molecular formula is C8H9FN2O2. The molecule has 0 unspecified atom stereocenters. The van der Waals surface area contributed by atoms with Crippen molar-refractivity contribution < 1.29 is 14.4 Å². The minimum Gasteiger partial charge on any atom is -0.480 e. The quantitative estimate of drug-likeness (QED) is 0.671. The van der Waals surface area contributed by atoms with E-state index < -0.39 is 12.0 Å². The van der Waals surface area contributed by atoms with Crippen LogP contribution in [0.5, 0.6) is 0 Å². The van der Waals surface area contributed by atoms with Gasteiger partial charge in [0.05, 0.1) is 0 Å². The first-order chi connectivity index (χ1) is 6.24. The topological polar surface area (TPSA) is 62.2 Å². The molecule has 0 aliphatic rings. The summed E-state index contributed by atoms with van der Waals surface area (Å²) in [6.45, 7) is 0. The lowest BCUT2D eigenvalue weighted by atomic mass is 10.1. The number of nitrogens with zero attached hydrogens (tertiary/aromatic N) is 1. The highest BCUT2D eigenvalue weighted by Gasteiger charge is 2.16. The Labute approximate surface area is 74.4 Å². The number of halogens is 1. The third-order valence-electron chi connectivity index (χ3n) is 1.59. The first-order valence-corrected chi connectivity index (χ1v) is 3.72. The van der Waals surface area contributed by atoms with Crippen molar-refractivity contribution in [3.05, 3.63) is 30.1 Å². The summed E-state index contributed by atoms with van der Waals surface area (Å²) in [5, 5.41) is 8.51. The van der Waals surface area contributed by atoms with Crippen molar-refractivity contribution in [2.75, 3.05) is 0 Å². The van der Waals surface area contributed by atoms with Crippen molar-refractivity contribution in [3.63, 3.8) is 0 Å². The van der Waals surface area contributed by atoms with Crippen LogP contribution < -0.4 is 5.54 Å². The van der Waals surface area contributed by atoms with Crippen molar-refractivity contribution >= 4 is 5.97 Å². The predicted octanol–water partition coefficient (Wildman–Crippen LogP) is 0.551. The molecule has 0 fully saturated rings. The molecule has 0 aliphatic carbocycles. The summed E-state index contributed by atoms with van der Waals surface area (Å²) in [5.41, 5.74) is 1.90. The fourth-order valence-corrected chi connectivity index (χ4v) is 0.927. The highest BCUT2D eigenvalue weighted by molar-refractivity contribution is 5.73. The SMILES string of the molecule is O=C(O)[C@H](Cc1cccnc1)NF. The lowest BCUT2D eigenvalue weighted by Crippen LogP contribution is -2.33. The second-order valence-electron chi connectivity index (χ2n) is 2.57. The third-order valence-corrected chi connectivity index (χ3v) is 1.59. The van der Waals surface area contributed by atoms with Gasteiger partial charge in [0.25, 0.3) is 0 Å². The van der Waals surface area contributed by atoms with E-state index >= 15 is 0 Å². The number of carboxylic acids is 1. The Morgan fingerprint density at radius 3 is 3.00 bits per heavy atom. The van der Waals surface area contributed by atoms with E-state index in [1.165, 1.54) is 11.7 Å². The summed E-state index contributed by atoms with van der Waals surface area (Å²) in [4.78, 5) is 14.2. The lowest BCUT2D eigenvalue weighted by Gasteiger charge is -2.07. The number of nitrogens with one attached hydrogen (secondary N) is 1. The second kappa shape index (κ2) is 4.51. The molecule has 1 aromatic rings. The molecule has 0 saturated carbocycles. The number of hydrogen-bond acceptors (Lipinski definition) is 3. The zero-order valence-electron chi connectivity index (χ0n) is 6.77. The minimum atomic E-state index is -1.22. The molecule has 0 amide bonds. The molecule has 5 heteroatoms. The van der Waals surface area contributed by atoms with E-state index in [-0.39, 0.29) is 6.42 Å². The molecule has 1 heterocycles. The maximum Gasteiger partial charge on any atom is 0.323 e. The highest BCUT2D eigenvalue weighted by Crippen LogP contribution is 2.01. The van der Waals surface area contributed by atoms with Crippen LogP contribution in [0.15, 0.2) is 24.5 Å². The van der Waals surface area contributed by atoms with Crippen molar-refractivity contribution in [2.24, 2.45) is 0 Å². The average molecular weight is 184 g/mol. The van der Waals surface area contributed by atoms with Crippen molar-refractivity contribution in [3.8, 4) is 0 Å². The number of aliphatic carboxylic acids is 1. The summed E-state index contributed by atoms with van der Waals surface area (Å²) < 4.78 is 11.9. The molecule has 1 atom stereocenters. The van der Waals surface area contributed by atoms with Gasteiger partial charge in [0.1, 0.15) is 6.04 Å². The van der Waals surface area contributed by atoms with Gasteiger partial charge in [0, 0.05) is 18.8 Å². The van der Waals surface area contributed by atoms with E-state index in [1.807, 2.05) is 0 Å². The van der Waals surface area contributed by atoms with E-state index in [0.29, 0.717) is 5.56 Å². The fourth-order valence-electron chi connectivity index (χ4n) is 0.927. The minimum absolute atomic E-state index is 0.0830. The predicted molar refractivity (Wildman–Crippen MR) is 43.6 cm³/mol. The van der Waals surface area contributed by atoms with Crippen LogP contribution in [0.1, 0.15) is 5.56 Å². The van der Waals surface area contributed by atoms with Crippen molar-refractivity contribution in [1.29, 1.82) is 0 Å². The zero-order chi connectivity index (χ0) is 9.68. The molecular weight excluding hydrogens is 175 g/mol. The number of rotatable bonds is 4. The van der Waals surface area contributed by atoms with Gasteiger partial charge in [-0.15, -0.1) is 10.0 Å². The Hall–Kier alpha value is -1.49. The third kappa shape index (κ3) is 2.79. The van der Waals surface area contributed by atoms with Gasteiger partial charge in [-0.25, -0.2) is 0 Å². The smallest absolute Gasteiger partial charge is 0.323 e. The molecule has 70 valence electrons. The number of hydrogen-bond donors (Lipinski definition) is 2. The molecule has 1 rings (SSSR count). The normalized spacial score (nSPS) is 12.4. The summed E-state index contributed by atoms with van der Waals surface area (Å²) in [5.74, 6) is -1.22. The Morgan fingerprint density at radius 2 is 2.54 bits per heavy atom. The number of carboxylic acid groups (broad SMARTS) is 1. The van der Waals surface area contributed by atoms with Crippen LogP contribution in [0, 0.1) is 0 Å². The van der Waals surface area contributed by atoms with Crippen LogP contribution in [0.25, 0.3) is 0 Å². The molecule has 13 heavy (non-hydrogen) atoms. The van der Waals surface area contributed by atoms with Gasteiger partial charge in [-0.3, -0.25) is 9.78 Å². The lowest BCUT2D eigenvalue weighted by molar-refractivity contribution is -0.140. The van der Waals surface area contributed by atoms with E-state index in [4.69, 9.17) is 5.11 Å². The van der Waals surface area contributed by atoms with E-state index in [2.05, 4.69) is 4.98 Å². The van der Waals surface area contributed by atoms with E-state index in [1.54, 1.807) is 18.3 Å². The zero-order valence-corrected chi connectivity index (χ0v) is 6.77. The van der Waals surface area contributed by atoms with Gasteiger partial charge in [-0.1, -0.05) is 6.07 Å². The van der Waals surface area contributed by atoms with Gasteiger partial charge >= 0.3 is 5.97 Å². The van der Waals surface area contributed by atoms with Crippen LogP contribution in [-0.4, -0.2) is 22.1 Å². The van der Waals surface area contributed by atoms with Gasteiger partial charge in [-0.2, -0.15) is 0 Å². The average Bonchev–Trinajstić information content (AvgIpc) is 2.15. The molecule has 0 spiro atoms. The molecule has 0 bridgehead atoms. The van der Waals surface area contributed by atoms with Gasteiger partial charge in [0.2, 0.25) is 0 Å². The van der Waals surface area contributed by atoms with Crippen molar-refractivity contribution in [2.45, 2.75) is 12.5 Å². The summed E-state index contributed by atoms with van der Waals surface area (Å²) in [7, 11) is 0. The van der Waals surface area contributed by atoms with Gasteiger partial charge in [-0.05, 0) is 11.6 Å². The monoisotopic (exact) mass is 184 g/mol. The molecule has 0 saturated heterocycles. The number of carbonyl (C=O) groups is 1. The Balaban J connectivity index is 2.62. The summed E-state index contributed by atoms with van der Waals surface area (Å²) >= 11 is 0. The molecule has 0 aromatic carbocycles. The molecule has 2 N–H and O–H groups in total. The molecule has 1 aromatic heterocycles. The first kappa shape index (κ1) is 9.60. The first-order valence-electron chi connectivity index (χ1n) is 3.72. The second-order valence-corrected chi connectivity index (χ2v) is 2.57. The Kier molecular flexibility index (Phi) is 3.33. The Morgan fingerprint density at radius 1 is 1.77 bits per heavy atom. The van der Waals surface area contributed by atoms with Gasteiger partial charge in [0.15, 0.2) is 0 Å². The van der Waals surface area contributed by atoms with Crippen LogP contribution in [0.2, 0.25) is 0 Å². The summed E-state index contributed by atoms with van der Waals surface area (Å²) in [6.07, 6.45) is 3.16. The van der Waals surface area contributed by atoms with Crippen LogP contribution >= 0.6 is 0 Å². The standard InChI is InChI=1S/C8H9FN2O2/c9-11-7(8(12)13)4-6-2-1-3-10-5-6/h1-3,5,7,11H,4H2,(H,12,13)/t7-/m0/s1. The fraction of sp³-hybridized carbons (Fsp3) is 0.250. The van der Waals surface area contributed by atoms with Crippen LogP contribution in [0.3, 0.4) is 0 Å². The number of pyridine rings is 1. The van der Waals surface area contributed by atoms with E-state index in [0.717, 1.165) is 0 Å². The maximum atomic E-state index is 11.9. The molecule has 0 radical (unpaired) electrons. The van der Waals surface area contributed by atoms with Gasteiger partial charge < -0.3 is 5.11 Å². The maximum absolute atomic E-state index is 11.9. The molecule has 0 aliphatic heterocycles. The number of aromatic nitrogens is 1. The van der Waals surface area contributed by atoms with E-state index in [9.17, 15) is 9.28 Å². The summed E-state index contributed by atoms with van der Waals surface area (Å²) in [6, 6.07) is 2.16. The molecule has 4 nitrogen and oxygen atoms in total. The highest BCUT2D eigenvalue weighted by atomic mass is 19.2. The van der Waals surface area contributed by atoms with Crippen LogP contribution in [-0.2, 0) is 11.2 Å². The Bertz CT molecular complexity index is 279. The van der Waals surface area contributed by atoms with Crippen molar-refractivity contribution in [1.82, 2.24) is 10.5 Å². The van der Waals surface area contributed by atoms with Crippen LogP contribution in [0.4, 0.5) is 4.48 Å². The largest absolute Gasteiger partial charge is 0.480 e.